The monoisotopic (exact) mass is 847 g/mol. The van der Waals surface area contributed by atoms with Crippen LogP contribution in [0, 0.1) is 23.7 Å². The highest BCUT2D eigenvalue weighted by atomic mass is 15.1. The van der Waals surface area contributed by atoms with Gasteiger partial charge in [0.2, 0.25) is 0 Å². The first-order chi connectivity index (χ1) is 32.7. The van der Waals surface area contributed by atoms with Gasteiger partial charge in [-0.3, -0.25) is 0 Å². The molecule has 2 unspecified atom stereocenters. The summed E-state index contributed by atoms with van der Waals surface area (Å²) in [6.45, 7) is 0. The molecule has 9 aromatic rings. The SMILES string of the molecule is c1ccc(-c2ccc(-c3ccccc3N(c3ccc4c(c3)-c3ccccc3C43C4CCC5CCC3CC5C4)c3ccccc3-c3ccccc3-c3ccccc3-c3ccccc3)cc2)cc1. The molecule has 13 rings (SSSR count). The van der Waals surface area contributed by atoms with Gasteiger partial charge in [0.05, 0.1) is 11.4 Å². The molecule has 0 heterocycles. The lowest BCUT2D eigenvalue weighted by molar-refractivity contribution is -0.0227. The predicted octanol–water partition coefficient (Wildman–Crippen LogP) is 17.6. The second kappa shape index (κ2) is 16.0. The van der Waals surface area contributed by atoms with E-state index >= 15 is 0 Å². The Labute approximate surface area is 390 Å². The predicted molar refractivity (Wildman–Crippen MR) is 276 cm³/mol. The van der Waals surface area contributed by atoms with E-state index in [-0.39, 0.29) is 5.41 Å². The Morgan fingerprint density at radius 2 is 0.742 bits per heavy atom. The smallest absolute Gasteiger partial charge is 0.0540 e. The van der Waals surface area contributed by atoms with Crippen LogP contribution in [0.2, 0.25) is 0 Å². The van der Waals surface area contributed by atoms with Gasteiger partial charge in [0.1, 0.15) is 0 Å². The van der Waals surface area contributed by atoms with Crippen molar-refractivity contribution in [3.63, 3.8) is 0 Å². The van der Waals surface area contributed by atoms with Gasteiger partial charge in [0, 0.05) is 22.2 Å². The van der Waals surface area contributed by atoms with Crippen molar-refractivity contribution >= 4 is 17.1 Å². The van der Waals surface area contributed by atoms with Crippen molar-refractivity contribution in [1.29, 1.82) is 0 Å². The highest BCUT2D eigenvalue weighted by molar-refractivity contribution is 6.00. The summed E-state index contributed by atoms with van der Waals surface area (Å²) >= 11 is 0. The molecule has 4 aliphatic rings. The molecular formula is C65H53N. The molecule has 0 saturated heterocycles. The fourth-order valence-electron chi connectivity index (χ4n) is 13.6. The average Bonchev–Trinajstić information content (AvgIpc) is 3.69. The van der Waals surface area contributed by atoms with E-state index in [1.54, 1.807) is 11.1 Å². The summed E-state index contributed by atoms with van der Waals surface area (Å²) in [4.78, 5) is 2.58. The zero-order valence-corrected chi connectivity index (χ0v) is 37.4. The third-order valence-electron chi connectivity index (χ3n) is 16.4. The Balaban J connectivity index is 1.02. The molecule has 3 bridgehead atoms. The third kappa shape index (κ3) is 6.20. The van der Waals surface area contributed by atoms with Gasteiger partial charge in [-0.15, -0.1) is 0 Å². The highest BCUT2D eigenvalue weighted by Crippen LogP contribution is 2.68. The molecule has 0 radical (unpaired) electrons. The summed E-state index contributed by atoms with van der Waals surface area (Å²) in [5, 5.41) is 0. The zero-order valence-electron chi connectivity index (χ0n) is 37.4. The fourth-order valence-corrected chi connectivity index (χ4v) is 13.6. The summed E-state index contributed by atoms with van der Waals surface area (Å²) in [6, 6.07) is 84.0. The lowest BCUT2D eigenvalue weighted by atomic mass is 9.45. The molecule has 4 aliphatic carbocycles. The van der Waals surface area contributed by atoms with Gasteiger partial charge in [0.25, 0.3) is 0 Å². The maximum Gasteiger partial charge on any atom is 0.0540 e. The zero-order chi connectivity index (χ0) is 43.6. The van der Waals surface area contributed by atoms with E-state index in [4.69, 9.17) is 0 Å². The molecule has 3 fully saturated rings. The maximum atomic E-state index is 2.59. The van der Waals surface area contributed by atoms with Crippen LogP contribution in [-0.4, -0.2) is 0 Å². The van der Waals surface area contributed by atoms with Crippen LogP contribution in [0.5, 0.6) is 0 Å². The average molecular weight is 848 g/mol. The quantitative estimate of drug-likeness (QED) is 0.147. The fraction of sp³-hybridized carbons (Fsp3) is 0.169. The van der Waals surface area contributed by atoms with Crippen LogP contribution in [-0.2, 0) is 5.41 Å². The van der Waals surface area contributed by atoms with Gasteiger partial charge in [-0.1, -0.05) is 200 Å². The molecular weight excluding hydrogens is 795 g/mol. The number of anilines is 3. The summed E-state index contributed by atoms with van der Waals surface area (Å²) in [5.41, 5.74) is 21.8. The number of hydrogen-bond donors (Lipinski definition) is 0. The number of para-hydroxylation sites is 2. The molecule has 1 heteroatoms. The van der Waals surface area contributed by atoms with Gasteiger partial charge in [0.15, 0.2) is 0 Å². The third-order valence-corrected chi connectivity index (χ3v) is 16.4. The minimum absolute atomic E-state index is 0.0958. The Hall–Kier alpha value is -7.22. The van der Waals surface area contributed by atoms with Crippen molar-refractivity contribution in [3.8, 4) is 66.8 Å². The van der Waals surface area contributed by atoms with E-state index in [1.807, 2.05) is 0 Å². The second-order valence-corrected chi connectivity index (χ2v) is 19.5. The number of nitrogens with zero attached hydrogens (tertiary/aromatic N) is 1. The number of benzene rings is 9. The Kier molecular flexibility index (Phi) is 9.52. The molecule has 9 aromatic carbocycles. The lowest BCUT2D eigenvalue weighted by Gasteiger charge is -2.59. The molecule has 66 heavy (non-hydrogen) atoms. The van der Waals surface area contributed by atoms with Gasteiger partial charge < -0.3 is 4.90 Å². The van der Waals surface area contributed by atoms with Gasteiger partial charge in [-0.25, -0.2) is 0 Å². The van der Waals surface area contributed by atoms with E-state index in [0.29, 0.717) is 11.8 Å². The second-order valence-electron chi connectivity index (χ2n) is 19.5. The molecule has 2 atom stereocenters. The van der Waals surface area contributed by atoms with Crippen molar-refractivity contribution < 1.29 is 0 Å². The van der Waals surface area contributed by atoms with Crippen LogP contribution in [0.25, 0.3) is 66.8 Å². The molecule has 1 spiro atoms. The van der Waals surface area contributed by atoms with Gasteiger partial charge in [-0.05, 0) is 153 Å². The summed E-state index contributed by atoms with van der Waals surface area (Å²) in [5.74, 6) is 3.28. The minimum atomic E-state index is 0.0958. The van der Waals surface area contributed by atoms with E-state index in [0.717, 1.165) is 23.2 Å². The first kappa shape index (κ1) is 39.2. The largest absolute Gasteiger partial charge is 0.309 e. The Morgan fingerprint density at radius 3 is 1.41 bits per heavy atom. The standard InChI is InChI=1S/C65H53N/c1-3-17-44(18-4-1)45-31-33-48(34-32-45)54-22-12-15-29-63(54)66(64-30-16-13-27-59(64)57-25-10-9-24-56(57)55-23-8-7-21-53(55)47-19-5-2-6-20-47)52-39-40-62-60(43-52)58-26-11-14-28-61(58)65(62)50-37-35-46-36-38-51(65)42-49(46)41-50/h1-34,39-40,43,46,49-51H,35-38,41-42H2. The van der Waals surface area contributed by atoms with Crippen molar-refractivity contribution in [2.24, 2.45) is 23.7 Å². The maximum absolute atomic E-state index is 2.59. The van der Waals surface area contributed by atoms with Crippen LogP contribution in [0.15, 0.2) is 224 Å². The lowest BCUT2D eigenvalue weighted by Crippen LogP contribution is -2.53. The molecule has 0 amide bonds. The Bertz CT molecular complexity index is 3220. The molecule has 0 aromatic heterocycles. The van der Waals surface area contributed by atoms with E-state index in [1.165, 1.54) is 111 Å². The van der Waals surface area contributed by atoms with Crippen LogP contribution < -0.4 is 4.90 Å². The van der Waals surface area contributed by atoms with Crippen LogP contribution in [0.1, 0.15) is 49.7 Å². The summed E-state index contributed by atoms with van der Waals surface area (Å²) < 4.78 is 0. The van der Waals surface area contributed by atoms with Crippen molar-refractivity contribution in [2.75, 3.05) is 4.90 Å². The molecule has 3 saturated carbocycles. The van der Waals surface area contributed by atoms with E-state index in [2.05, 4.69) is 229 Å². The molecule has 318 valence electrons. The topological polar surface area (TPSA) is 3.24 Å². The van der Waals surface area contributed by atoms with Crippen molar-refractivity contribution in [1.82, 2.24) is 0 Å². The molecule has 1 nitrogen and oxygen atoms in total. The first-order valence-electron chi connectivity index (χ1n) is 24.4. The highest BCUT2D eigenvalue weighted by Gasteiger charge is 2.60. The first-order valence-corrected chi connectivity index (χ1v) is 24.4. The van der Waals surface area contributed by atoms with E-state index < -0.39 is 0 Å². The minimum Gasteiger partial charge on any atom is -0.309 e. The Morgan fingerprint density at radius 1 is 0.303 bits per heavy atom. The molecule has 0 N–H and O–H groups in total. The van der Waals surface area contributed by atoms with Crippen LogP contribution >= 0.6 is 0 Å². The molecule has 0 aliphatic heterocycles. The van der Waals surface area contributed by atoms with Crippen LogP contribution in [0.3, 0.4) is 0 Å². The van der Waals surface area contributed by atoms with Crippen molar-refractivity contribution in [2.45, 2.75) is 43.9 Å². The van der Waals surface area contributed by atoms with Crippen LogP contribution in [0.4, 0.5) is 17.1 Å². The van der Waals surface area contributed by atoms with E-state index in [9.17, 15) is 0 Å². The summed E-state index contributed by atoms with van der Waals surface area (Å²) in [7, 11) is 0. The van der Waals surface area contributed by atoms with Crippen molar-refractivity contribution in [3.05, 3.63) is 236 Å². The van der Waals surface area contributed by atoms with Gasteiger partial charge in [-0.2, -0.15) is 0 Å². The normalized spacial score (nSPS) is 21.0. The number of fused-ring (bicyclic) bond motifs is 9. The number of rotatable bonds is 8. The number of hydrogen-bond acceptors (Lipinski definition) is 1. The van der Waals surface area contributed by atoms with Gasteiger partial charge >= 0.3 is 0 Å². The summed E-state index contributed by atoms with van der Waals surface area (Å²) in [6.07, 6.45) is 8.31.